The molecule has 16 heteroatoms. The zero-order chi connectivity index (χ0) is 36.7. The summed E-state index contributed by atoms with van der Waals surface area (Å²) >= 11 is 0. The fourth-order valence-electron chi connectivity index (χ4n) is 7.02. The normalized spacial score (nSPS) is 28.9. The van der Waals surface area contributed by atoms with Crippen LogP contribution in [0.15, 0.2) is 30.4 Å². The van der Waals surface area contributed by atoms with Crippen molar-refractivity contribution in [2.24, 2.45) is 5.92 Å². The quantitative estimate of drug-likeness (QED) is 0.384. The zero-order valence-corrected chi connectivity index (χ0v) is 29.9. The van der Waals surface area contributed by atoms with Gasteiger partial charge >= 0.3 is 12.2 Å². The highest BCUT2D eigenvalue weighted by molar-refractivity contribution is 7.91. The number of rotatable bonds is 5. The van der Waals surface area contributed by atoms with Crippen molar-refractivity contribution in [2.45, 2.75) is 126 Å². The second kappa shape index (κ2) is 14.1. The second-order valence-corrected chi connectivity index (χ2v) is 17.2. The Morgan fingerprint density at radius 1 is 1.06 bits per heavy atom. The molecule has 0 bridgehead atoms. The van der Waals surface area contributed by atoms with Gasteiger partial charge < -0.3 is 25.0 Å². The molecule has 1 aromatic rings. The molecule has 5 aliphatic rings. The van der Waals surface area contributed by atoms with Gasteiger partial charge in [0.1, 0.15) is 35.1 Å². The molecule has 5 atom stereocenters. The molecule has 3 heterocycles. The number of alkyl carbamates (subject to hydrolysis) is 1. The van der Waals surface area contributed by atoms with Crippen LogP contribution in [0.2, 0.25) is 0 Å². The standard InChI is InChI=1S/C35H46FN5O9S/c1-34(2,3)50-32(45)37-27-13-8-6-4-5-7-11-22-17-35(22,31(44)39-51(47,48)24-14-15-24)38-29(42)28-16-23(19-41(28)30(27)43)49-33(46)40-18-21-10-9-12-26(36)25(21)20-40/h7,9-12,22-24,27-28H,4-6,8,13-20H2,1-3H3,(H,37,45)(H,38,42)(H,39,44)/b11-7+/t22-,23-,27-,28+,35+/m1/s1. The number of amides is 5. The molecule has 14 nitrogen and oxygen atoms in total. The maximum Gasteiger partial charge on any atom is 0.410 e. The van der Waals surface area contributed by atoms with Gasteiger partial charge in [-0.2, -0.15) is 0 Å². The van der Waals surface area contributed by atoms with Gasteiger partial charge in [-0.15, -0.1) is 0 Å². The zero-order valence-electron chi connectivity index (χ0n) is 29.1. The number of nitrogens with one attached hydrogen (secondary N) is 3. The first-order valence-electron chi connectivity index (χ1n) is 17.6. The monoisotopic (exact) mass is 731 g/mol. The number of ether oxygens (including phenoxy) is 2. The molecule has 1 saturated heterocycles. The van der Waals surface area contributed by atoms with Gasteiger partial charge in [-0.1, -0.05) is 37.1 Å². The van der Waals surface area contributed by atoms with Crippen molar-refractivity contribution in [3.63, 3.8) is 0 Å². The molecule has 0 aromatic heterocycles. The van der Waals surface area contributed by atoms with Crippen LogP contribution < -0.4 is 15.4 Å². The summed E-state index contributed by atoms with van der Waals surface area (Å²) in [4.78, 5) is 70.8. The molecule has 2 saturated carbocycles. The van der Waals surface area contributed by atoms with Gasteiger partial charge in [0.15, 0.2) is 0 Å². The Kier molecular flexibility index (Phi) is 10.1. The number of carbonyl (C=O) groups excluding carboxylic acids is 5. The fourth-order valence-corrected chi connectivity index (χ4v) is 8.39. The van der Waals surface area contributed by atoms with Gasteiger partial charge in [0, 0.05) is 24.4 Å². The molecule has 3 fully saturated rings. The number of sulfonamides is 1. The molecule has 278 valence electrons. The Balaban J connectivity index is 1.25. The van der Waals surface area contributed by atoms with Gasteiger partial charge in [0.2, 0.25) is 21.8 Å². The van der Waals surface area contributed by atoms with E-state index in [2.05, 4.69) is 15.4 Å². The van der Waals surface area contributed by atoms with Crippen molar-refractivity contribution in [3.8, 4) is 0 Å². The van der Waals surface area contributed by atoms with Gasteiger partial charge in [0.25, 0.3) is 5.91 Å². The predicted octanol–water partition coefficient (Wildman–Crippen LogP) is 3.14. The van der Waals surface area contributed by atoms with Gasteiger partial charge in [-0.05, 0) is 70.9 Å². The highest BCUT2D eigenvalue weighted by Crippen LogP contribution is 2.46. The Morgan fingerprint density at radius 2 is 1.82 bits per heavy atom. The summed E-state index contributed by atoms with van der Waals surface area (Å²) in [5.74, 6) is -3.06. The Hall–Kier alpha value is -4.21. The predicted molar refractivity (Wildman–Crippen MR) is 180 cm³/mol. The fraction of sp³-hybridized carbons (Fsp3) is 0.629. The minimum absolute atomic E-state index is 0.00168. The van der Waals surface area contributed by atoms with Crippen LogP contribution in [-0.4, -0.2) is 89.2 Å². The molecule has 0 radical (unpaired) electrons. The highest BCUT2D eigenvalue weighted by Gasteiger charge is 2.62. The van der Waals surface area contributed by atoms with E-state index in [1.54, 1.807) is 32.9 Å². The van der Waals surface area contributed by atoms with Crippen molar-refractivity contribution < 1.29 is 46.3 Å². The van der Waals surface area contributed by atoms with Gasteiger partial charge in [-0.3, -0.25) is 24.0 Å². The minimum Gasteiger partial charge on any atom is -0.444 e. The van der Waals surface area contributed by atoms with E-state index in [0.717, 1.165) is 12.8 Å². The minimum atomic E-state index is -3.92. The molecule has 5 amide bonds. The largest absolute Gasteiger partial charge is 0.444 e. The summed E-state index contributed by atoms with van der Waals surface area (Å²) in [6.07, 6.45) is 5.10. The third-order valence-corrected chi connectivity index (χ3v) is 11.8. The molecule has 0 unspecified atom stereocenters. The first-order chi connectivity index (χ1) is 24.1. The number of hydrogen-bond acceptors (Lipinski definition) is 9. The van der Waals surface area contributed by atoms with Crippen LogP contribution in [0.5, 0.6) is 0 Å². The van der Waals surface area contributed by atoms with E-state index in [-0.39, 0.29) is 38.9 Å². The van der Waals surface area contributed by atoms with Gasteiger partial charge in [0.05, 0.1) is 18.3 Å². The van der Waals surface area contributed by atoms with E-state index in [0.29, 0.717) is 36.8 Å². The van der Waals surface area contributed by atoms with Crippen LogP contribution >= 0.6 is 0 Å². The van der Waals surface area contributed by atoms with Crippen LogP contribution in [0.1, 0.15) is 89.7 Å². The molecule has 6 rings (SSSR count). The van der Waals surface area contributed by atoms with Crippen LogP contribution in [0.25, 0.3) is 0 Å². The Labute approximate surface area is 296 Å². The summed E-state index contributed by atoms with van der Waals surface area (Å²) in [5, 5.41) is 4.79. The number of carbonyl (C=O) groups is 5. The number of benzene rings is 1. The van der Waals surface area contributed by atoms with Crippen LogP contribution in [0, 0.1) is 11.7 Å². The smallest absolute Gasteiger partial charge is 0.410 e. The number of nitrogens with zero attached hydrogens (tertiary/aromatic N) is 2. The first-order valence-corrected chi connectivity index (χ1v) is 19.2. The summed E-state index contributed by atoms with van der Waals surface area (Å²) in [6.45, 7) is 5.01. The average Bonchev–Trinajstić information content (AvgIpc) is 3.93. The maximum atomic E-state index is 14.4. The SMILES string of the molecule is CC(C)(C)OC(=O)N[C@@H]1CCCCC/C=C/[C@@H]2C[C@]2(C(=O)NS(=O)(=O)C2CC2)NC(=O)[C@@H]2C[C@@H](OC(=O)N3Cc4cccc(F)c4C3)CN2C1=O. The van der Waals surface area contributed by atoms with E-state index in [1.165, 1.54) is 15.9 Å². The molecule has 2 aliphatic carbocycles. The van der Waals surface area contributed by atoms with E-state index in [9.17, 15) is 36.8 Å². The highest BCUT2D eigenvalue weighted by atomic mass is 32.2. The third kappa shape index (κ3) is 8.31. The van der Waals surface area contributed by atoms with Crippen LogP contribution in [-0.2, 0) is 47.0 Å². The van der Waals surface area contributed by atoms with Crippen LogP contribution in [0.3, 0.4) is 0 Å². The van der Waals surface area contributed by atoms with Crippen molar-refractivity contribution >= 4 is 39.9 Å². The van der Waals surface area contributed by atoms with Gasteiger partial charge in [-0.25, -0.2) is 22.4 Å². The lowest BCUT2D eigenvalue weighted by atomic mass is 10.0. The molecule has 3 N–H and O–H groups in total. The van der Waals surface area contributed by atoms with Crippen molar-refractivity contribution in [1.29, 1.82) is 0 Å². The van der Waals surface area contributed by atoms with E-state index in [4.69, 9.17) is 9.47 Å². The van der Waals surface area contributed by atoms with Crippen molar-refractivity contribution in [2.75, 3.05) is 6.54 Å². The lowest BCUT2D eigenvalue weighted by Gasteiger charge is -2.30. The summed E-state index contributed by atoms with van der Waals surface area (Å²) in [6, 6.07) is 2.30. The number of hydrogen-bond donors (Lipinski definition) is 3. The molecule has 0 spiro atoms. The topological polar surface area (TPSA) is 181 Å². The summed E-state index contributed by atoms with van der Waals surface area (Å²) < 4.78 is 53.3. The maximum absolute atomic E-state index is 14.4. The van der Waals surface area contributed by atoms with Crippen molar-refractivity contribution in [1.82, 2.24) is 25.2 Å². The molecular weight excluding hydrogens is 685 g/mol. The number of halogens is 1. The lowest BCUT2D eigenvalue weighted by molar-refractivity contribution is -0.141. The molecule has 1 aromatic carbocycles. The first kappa shape index (κ1) is 36.6. The molecular formula is C35H46FN5O9S. The van der Waals surface area contributed by atoms with Crippen molar-refractivity contribution in [3.05, 3.63) is 47.3 Å². The molecule has 51 heavy (non-hydrogen) atoms. The average molecular weight is 732 g/mol. The Morgan fingerprint density at radius 3 is 2.53 bits per heavy atom. The summed E-state index contributed by atoms with van der Waals surface area (Å²) in [7, 11) is -3.92. The molecule has 3 aliphatic heterocycles. The number of allylic oxidation sites excluding steroid dienone is 1. The summed E-state index contributed by atoms with van der Waals surface area (Å²) in [5.41, 5.74) is -1.36. The number of fused-ring (bicyclic) bond motifs is 3. The third-order valence-electron chi connectivity index (χ3n) is 9.99. The Bertz CT molecular complexity index is 1730. The van der Waals surface area contributed by atoms with E-state index in [1.807, 2.05) is 12.2 Å². The van der Waals surface area contributed by atoms with Crippen LogP contribution in [0.4, 0.5) is 14.0 Å². The second-order valence-electron chi connectivity index (χ2n) is 15.2. The van der Waals surface area contributed by atoms with E-state index < -0.39 is 86.2 Å². The van der Waals surface area contributed by atoms with E-state index >= 15 is 0 Å². The lowest BCUT2D eigenvalue weighted by Crippen LogP contribution is -2.58.